The Hall–Kier alpha value is -0.556. The lowest BCUT2D eigenvalue weighted by Crippen LogP contribution is -2.44. The molecular formula is C17H37NO2Si2. The SMILES string of the molecule is CC(C)N(C(=O)O/C(=C\C(C)[Si](C)(C)C)[Si](C)(C)C)C(C)C. The topological polar surface area (TPSA) is 29.5 Å². The van der Waals surface area contributed by atoms with Crippen molar-refractivity contribution in [3.8, 4) is 0 Å². The molecule has 0 aromatic heterocycles. The summed E-state index contributed by atoms with van der Waals surface area (Å²) in [7, 11) is -2.98. The first kappa shape index (κ1) is 21.4. The molecule has 1 amide bonds. The van der Waals surface area contributed by atoms with Crippen molar-refractivity contribution in [2.24, 2.45) is 0 Å². The smallest absolute Gasteiger partial charge is 0.414 e. The van der Waals surface area contributed by atoms with Crippen LogP contribution in [0.3, 0.4) is 0 Å². The Morgan fingerprint density at radius 3 is 1.59 bits per heavy atom. The molecule has 3 nitrogen and oxygen atoms in total. The minimum Gasteiger partial charge on any atom is -0.420 e. The Morgan fingerprint density at radius 1 is 0.909 bits per heavy atom. The van der Waals surface area contributed by atoms with Crippen molar-refractivity contribution >= 4 is 22.2 Å². The molecule has 130 valence electrons. The summed E-state index contributed by atoms with van der Waals surface area (Å²) >= 11 is 0. The third-order valence-electron chi connectivity index (χ3n) is 4.03. The highest BCUT2D eigenvalue weighted by Gasteiger charge is 2.31. The Bertz CT molecular complexity index is 396. The van der Waals surface area contributed by atoms with Crippen molar-refractivity contribution in [3.63, 3.8) is 0 Å². The highest BCUT2D eigenvalue weighted by molar-refractivity contribution is 6.83. The zero-order valence-electron chi connectivity index (χ0n) is 16.6. The van der Waals surface area contributed by atoms with Crippen LogP contribution >= 0.6 is 0 Å². The van der Waals surface area contributed by atoms with Crippen molar-refractivity contribution in [2.45, 2.75) is 91.5 Å². The van der Waals surface area contributed by atoms with Gasteiger partial charge in [0.05, 0.1) is 13.5 Å². The van der Waals surface area contributed by atoms with Crippen LogP contribution < -0.4 is 0 Å². The van der Waals surface area contributed by atoms with Gasteiger partial charge in [0.1, 0.15) is 8.07 Å². The van der Waals surface area contributed by atoms with E-state index >= 15 is 0 Å². The number of hydrogen-bond donors (Lipinski definition) is 0. The van der Waals surface area contributed by atoms with E-state index in [4.69, 9.17) is 4.74 Å². The van der Waals surface area contributed by atoms with E-state index in [1.54, 1.807) is 0 Å². The molecule has 0 aliphatic carbocycles. The zero-order valence-corrected chi connectivity index (χ0v) is 18.6. The quantitative estimate of drug-likeness (QED) is 0.455. The Morgan fingerprint density at radius 2 is 1.32 bits per heavy atom. The van der Waals surface area contributed by atoms with Crippen LogP contribution in [0.25, 0.3) is 0 Å². The maximum Gasteiger partial charge on any atom is 0.414 e. The van der Waals surface area contributed by atoms with Gasteiger partial charge in [-0.15, -0.1) is 0 Å². The third-order valence-corrected chi connectivity index (χ3v) is 8.67. The van der Waals surface area contributed by atoms with Crippen LogP contribution in [0, 0.1) is 0 Å². The molecule has 0 N–H and O–H groups in total. The van der Waals surface area contributed by atoms with Crippen molar-refractivity contribution in [1.29, 1.82) is 0 Å². The highest BCUT2D eigenvalue weighted by Crippen LogP contribution is 2.28. The number of nitrogens with zero attached hydrogens (tertiary/aromatic N) is 1. The van der Waals surface area contributed by atoms with E-state index in [9.17, 15) is 4.79 Å². The Balaban J connectivity index is 5.43. The molecule has 1 atom stereocenters. The minimum absolute atomic E-state index is 0.143. The lowest BCUT2D eigenvalue weighted by atomic mass is 10.2. The van der Waals surface area contributed by atoms with Gasteiger partial charge in [-0.1, -0.05) is 52.3 Å². The molecule has 0 saturated carbocycles. The summed E-state index contributed by atoms with van der Waals surface area (Å²) in [4.78, 5) is 14.4. The average molecular weight is 344 g/mol. The molecule has 0 fully saturated rings. The predicted octanol–water partition coefficient (Wildman–Crippen LogP) is 5.73. The first-order valence-corrected chi connectivity index (χ1v) is 15.5. The van der Waals surface area contributed by atoms with Crippen molar-refractivity contribution in [3.05, 3.63) is 11.5 Å². The van der Waals surface area contributed by atoms with E-state index in [1.807, 2.05) is 32.6 Å². The highest BCUT2D eigenvalue weighted by atomic mass is 28.3. The van der Waals surface area contributed by atoms with Crippen LogP contribution in [0.2, 0.25) is 44.8 Å². The molecule has 0 aliphatic rings. The molecule has 0 bridgehead atoms. The second-order valence-electron chi connectivity index (χ2n) is 8.90. The van der Waals surface area contributed by atoms with Crippen LogP contribution in [0.4, 0.5) is 4.79 Å². The van der Waals surface area contributed by atoms with Gasteiger partial charge in [0.2, 0.25) is 0 Å². The van der Waals surface area contributed by atoms with E-state index in [0.29, 0.717) is 5.54 Å². The van der Waals surface area contributed by atoms with Crippen LogP contribution in [0.1, 0.15) is 34.6 Å². The summed E-state index contributed by atoms with van der Waals surface area (Å²) in [5, 5.41) is 0.929. The molecule has 0 heterocycles. The maximum atomic E-state index is 12.6. The average Bonchev–Trinajstić information content (AvgIpc) is 2.23. The van der Waals surface area contributed by atoms with E-state index < -0.39 is 16.1 Å². The van der Waals surface area contributed by atoms with Crippen LogP contribution in [-0.4, -0.2) is 39.2 Å². The summed E-state index contributed by atoms with van der Waals surface area (Å²) in [5.41, 5.74) is 0.494. The maximum absolute atomic E-state index is 12.6. The lowest BCUT2D eigenvalue weighted by Gasteiger charge is -2.32. The summed E-state index contributed by atoms with van der Waals surface area (Å²) in [6.07, 6.45) is 2.02. The molecule has 5 heteroatoms. The molecule has 0 spiro atoms. The summed E-state index contributed by atoms with van der Waals surface area (Å²) < 4.78 is 5.90. The molecule has 0 aliphatic heterocycles. The van der Waals surface area contributed by atoms with E-state index in [-0.39, 0.29) is 18.2 Å². The summed E-state index contributed by atoms with van der Waals surface area (Å²) in [6, 6.07) is 0.287. The van der Waals surface area contributed by atoms with Gasteiger partial charge in [-0.25, -0.2) is 4.79 Å². The molecule has 0 aromatic rings. The van der Waals surface area contributed by atoms with Gasteiger partial charge in [0.25, 0.3) is 0 Å². The number of amides is 1. The number of rotatable bonds is 6. The van der Waals surface area contributed by atoms with Gasteiger partial charge in [-0.05, 0) is 33.2 Å². The fraction of sp³-hybridized carbons (Fsp3) is 0.824. The van der Waals surface area contributed by atoms with Gasteiger partial charge >= 0.3 is 6.09 Å². The summed E-state index contributed by atoms with van der Waals surface area (Å²) in [5.74, 6) is 0. The van der Waals surface area contributed by atoms with Gasteiger partial charge in [0.15, 0.2) is 0 Å². The first-order valence-electron chi connectivity index (χ1n) is 8.40. The fourth-order valence-corrected chi connectivity index (χ4v) is 4.04. The first-order chi connectivity index (χ1) is 9.67. The standard InChI is InChI=1S/C17H37NO2Si2/c1-13(2)18(14(3)4)17(19)20-16(22(9,10)11)12-15(5)21(6,7)8/h12-15H,1-11H3/b16-12+. The van der Waals surface area contributed by atoms with Gasteiger partial charge in [-0.2, -0.15) is 0 Å². The molecule has 0 rings (SSSR count). The molecule has 22 heavy (non-hydrogen) atoms. The monoisotopic (exact) mass is 343 g/mol. The normalized spacial score (nSPS) is 15.2. The largest absolute Gasteiger partial charge is 0.420 e. The van der Waals surface area contributed by atoms with Crippen LogP contribution in [-0.2, 0) is 4.74 Å². The Labute approximate surface area is 140 Å². The van der Waals surface area contributed by atoms with E-state index in [1.165, 1.54) is 0 Å². The number of carbonyl (C=O) groups is 1. The van der Waals surface area contributed by atoms with Crippen molar-refractivity contribution < 1.29 is 9.53 Å². The van der Waals surface area contributed by atoms with Gasteiger partial charge in [0, 0.05) is 12.1 Å². The molecule has 1 unspecified atom stereocenters. The van der Waals surface area contributed by atoms with E-state index in [2.05, 4.69) is 52.3 Å². The van der Waals surface area contributed by atoms with Crippen LogP contribution in [0.5, 0.6) is 0 Å². The van der Waals surface area contributed by atoms with E-state index in [0.717, 1.165) is 5.38 Å². The molecular weight excluding hydrogens is 306 g/mol. The summed E-state index contributed by atoms with van der Waals surface area (Å²) in [6.45, 7) is 24.1. The van der Waals surface area contributed by atoms with Crippen molar-refractivity contribution in [1.82, 2.24) is 4.90 Å². The second kappa shape index (κ2) is 7.82. The van der Waals surface area contributed by atoms with Gasteiger partial charge < -0.3 is 9.64 Å². The van der Waals surface area contributed by atoms with Crippen LogP contribution in [0.15, 0.2) is 11.5 Å². The third kappa shape index (κ3) is 6.69. The predicted molar refractivity (Wildman–Crippen MR) is 103 cm³/mol. The number of allylic oxidation sites excluding steroid dienone is 1. The minimum atomic E-state index is -1.69. The molecule has 0 aromatic carbocycles. The molecule has 0 radical (unpaired) electrons. The fourth-order valence-electron chi connectivity index (χ4n) is 2.08. The Kier molecular flexibility index (Phi) is 7.62. The van der Waals surface area contributed by atoms with Crippen molar-refractivity contribution in [2.75, 3.05) is 0 Å². The second-order valence-corrected chi connectivity index (χ2v) is 19.5. The molecule has 0 saturated heterocycles. The zero-order chi connectivity index (χ0) is 17.9. The number of ether oxygens (including phenoxy) is 1. The number of hydrogen-bond acceptors (Lipinski definition) is 2. The van der Waals surface area contributed by atoms with Gasteiger partial charge in [-0.3, -0.25) is 0 Å². The number of carbonyl (C=O) groups excluding carboxylic acids is 1. The lowest BCUT2D eigenvalue weighted by molar-refractivity contribution is 0.105.